The van der Waals surface area contributed by atoms with Gasteiger partial charge in [-0.15, -0.1) is 0 Å². The Morgan fingerprint density at radius 2 is 1.67 bits per heavy atom. The molecule has 0 saturated carbocycles. The lowest BCUT2D eigenvalue weighted by Crippen LogP contribution is -2.55. The number of epoxide rings is 1. The smallest absolute Gasteiger partial charge is 0.245 e. The molecule has 1 saturated heterocycles. The predicted octanol–water partition coefficient (Wildman–Crippen LogP) is 1.57. The van der Waals surface area contributed by atoms with Crippen molar-refractivity contribution in [2.45, 2.75) is 84.4 Å². The fourth-order valence-corrected chi connectivity index (χ4v) is 2.89. The van der Waals surface area contributed by atoms with Crippen molar-refractivity contribution in [3.8, 4) is 0 Å². The van der Waals surface area contributed by atoms with Crippen LogP contribution in [0.3, 0.4) is 0 Å². The van der Waals surface area contributed by atoms with Gasteiger partial charge in [-0.2, -0.15) is 0 Å². The van der Waals surface area contributed by atoms with E-state index in [9.17, 15) is 19.5 Å². The van der Waals surface area contributed by atoms with Gasteiger partial charge in [0.1, 0.15) is 11.6 Å². The highest BCUT2D eigenvalue weighted by molar-refractivity contribution is 5.97. The summed E-state index contributed by atoms with van der Waals surface area (Å²) in [5.74, 6) is -0.184. The topological polar surface area (TPSA) is 108 Å². The zero-order valence-corrected chi connectivity index (χ0v) is 17.3. The highest BCUT2D eigenvalue weighted by Gasteiger charge is 2.50. The molecule has 1 rings (SSSR count). The standard InChI is InChI=1S/C20H36N2O5/c1-13(2)8-6-7-9-17(24)21-16(11-23)19(26)22-15(10-14(3)4)18(25)20(5)12-27-20/h13-16,23H,6-12H2,1-5H3,(H,21,24)(H,22,26)/t15-,16-,20+/m0/s1. The number of Topliss-reactive ketones (excluding diaryl/α,β-unsaturated/α-hetero) is 1. The lowest BCUT2D eigenvalue weighted by atomic mass is 9.93. The predicted molar refractivity (Wildman–Crippen MR) is 103 cm³/mol. The summed E-state index contributed by atoms with van der Waals surface area (Å²) in [6.45, 7) is 9.74. The summed E-state index contributed by atoms with van der Waals surface area (Å²) in [7, 11) is 0. The summed E-state index contributed by atoms with van der Waals surface area (Å²) >= 11 is 0. The van der Waals surface area contributed by atoms with Gasteiger partial charge < -0.3 is 20.5 Å². The Bertz CT molecular complexity index is 515. The van der Waals surface area contributed by atoms with Crippen LogP contribution < -0.4 is 10.6 Å². The van der Waals surface area contributed by atoms with Gasteiger partial charge in [-0.1, -0.05) is 40.5 Å². The van der Waals surface area contributed by atoms with Crippen LogP contribution in [0.25, 0.3) is 0 Å². The third-order valence-corrected chi connectivity index (χ3v) is 4.71. The number of nitrogens with one attached hydrogen (secondary N) is 2. The Hall–Kier alpha value is -1.47. The third kappa shape index (κ3) is 8.39. The van der Waals surface area contributed by atoms with Crippen LogP contribution in [-0.4, -0.2) is 53.6 Å². The van der Waals surface area contributed by atoms with Crippen LogP contribution >= 0.6 is 0 Å². The second-order valence-corrected chi connectivity index (χ2v) is 8.52. The minimum absolute atomic E-state index is 0.166. The van der Waals surface area contributed by atoms with Crippen LogP contribution in [0.2, 0.25) is 0 Å². The maximum Gasteiger partial charge on any atom is 0.245 e. The molecular formula is C20H36N2O5. The largest absolute Gasteiger partial charge is 0.394 e. The van der Waals surface area contributed by atoms with Crippen LogP contribution in [0.1, 0.15) is 66.7 Å². The van der Waals surface area contributed by atoms with Gasteiger partial charge >= 0.3 is 0 Å². The molecule has 0 radical (unpaired) electrons. The Morgan fingerprint density at radius 3 is 2.15 bits per heavy atom. The molecule has 0 aliphatic carbocycles. The van der Waals surface area contributed by atoms with Crippen LogP contribution in [0.5, 0.6) is 0 Å². The highest BCUT2D eigenvalue weighted by Crippen LogP contribution is 2.29. The van der Waals surface area contributed by atoms with Crippen LogP contribution in [0.4, 0.5) is 0 Å². The molecule has 7 nitrogen and oxygen atoms in total. The Labute approximate surface area is 162 Å². The van der Waals surface area contributed by atoms with Gasteiger partial charge in [0.15, 0.2) is 5.78 Å². The van der Waals surface area contributed by atoms with Crippen molar-refractivity contribution in [2.75, 3.05) is 13.2 Å². The number of carbonyl (C=O) groups is 3. The molecule has 1 aliphatic heterocycles. The molecule has 27 heavy (non-hydrogen) atoms. The van der Waals surface area contributed by atoms with E-state index in [1.165, 1.54) is 0 Å². The van der Waals surface area contributed by atoms with Crippen molar-refractivity contribution in [3.05, 3.63) is 0 Å². The number of aliphatic hydroxyl groups is 1. The molecule has 7 heteroatoms. The maximum atomic E-state index is 12.6. The number of amides is 2. The van der Waals surface area contributed by atoms with Gasteiger partial charge in [0.2, 0.25) is 11.8 Å². The minimum atomic E-state index is -1.06. The number of hydrogen-bond acceptors (Lipinski definition) is 5. The van der Waals surface area contributed by atoms with Crippen LogP contribution in [0.15, 0.2) is 0 Å². The summed E-state index contributed by atoms with van der Waals surface area (Å²) in [6.07, 6.45) is 3.54. The molecular weight excluding hydrogens is 348 g/mol. The second-order valence-electron chi connectivity index (χ2n) is 8.52. The van der Waals surface area contributed by atoms with E-state index in [4.69, 9.17) is 4.74 Å². The lowest BCUT2D eigenvalue weighted by Gasteiger charge is -2.24. The molecule has 0 aromatic carbocycles. The fourth-order valence-electron chi connectivity index (χ4n) is 2.89. The quantitative estimate of drug-likeness (QED) is 0.330. The van der Waals surface area contributed by atoms with Crippen molar-refractivity contribution >= 4 is 17.6 Å². The van der Waals surface area contributed by atoms with E-state index in [-0.39, 0.29) is 17.6 Å². The molecule has 3 atom stereocenters. The fraction of sp³-hybridized carbons (Fsp3) is 0.850. The van der Waals surface area contributed by atoms with E-state index in [0.29, 0.717) is 25.4 Å². The minimum Gasteiger partial charge on any atom is -0.394 e. The summed E-state index contributed by atoms with van der Waals surface area (Å²) < 4.78 is 5.20. The van der Waals surface area contributed by atoms with Crippen molar-refractivity contribution in [1.82, 2.24) is 10.6 Å². The first kappa shape index (κ1) is 23.6. The van der Waals surface area contributed by atoms with E-state index in [1.807, 2.05) is 13.8 Å². The molecule has 0 aromatic heterocycles. The number of carbonyl (C=O) groups excluding carboxylic acids is 3. The van der Waals surface area contributed by atoms with Gasteiger partial charge in [0.25, 0.3) is 0 Å². The number of hydrogen-bond donors (Lipinski definition) is 3. The third-order valence-electron chi connectivity index (χ3n) is 4.71. The highest BCUT2D eigenvalue weighted by atomic mass is 16.6. The Kier molecular flexibility index (Phi) is 9.39. The normalized spacial score (nSPS) is 21.0. The first-order valence-electron chi connectivity index (χ1n) is 9.98. The number of unbranched alkanes of at least 4 members (excludes halogenated alkanes) is 1. The van der Waals surface area contributed by atoms with Crippen LogP contribution in [-0.2, 0) is 19.1 Å². The number of rotatable bonds is 13. The molecule has 156 valence electrons. The van der Waals surface area contributed by atoms with E-state index in [1.54, 1.807) is 6.92 Å². The average Bonchev–Trinajstić information content (AvgIpc) is 3.33. The summed E-state index contributed by atoms with van der Waals surface area (Å²) in [6, 6.07) is -1.75. The van der Waals surface area contributed by atoms with Gasteiger partial charge in [-0.25, -0.2) is 0 Å². The zero-order valence-electron chi connectivity index (χ0n) is 17.3. The van der Waals surface area contributed by atoms with Crippen molar-refractivity contribution < 1.29 is 24.2 Å². The first-order valence-corrected chi connectivity index (χ1v) is 9.98. The number of ketones is 1. The van der Waals surface area contributed by atoms with Crippen molar-refractivity contribution in [2.24, 2.45) is 11.8 Å². The number of ether oxygens (including phenoxy) is 1. The average molecular weight is 385 g/mol. The van der Waals surface area contributed by atoms with Gasteiger partial charge in [0, 0.05) is 6.42 Å². The molecule has 1 fully saturated rings. The molecule has 0 bridgehead atoms. The second kappa shape index (κ2) is 10.8. The molecule has 0 unspecified atom stereocenters. The zero-order chi connectivity index (χ0) is 20.6. The van der Waals surface area contributed by atoms with Gasteiger partial charge in [-0.3, -0.25) is 14.4 Å². The Morgan fingerprint density at radius 1 is 1.04 bits per heavy atom. The SMILES string of the molecule is CC(C)CCCCC(=O)N[C@@H](CO)C(=O)N[C@@H](CC(C)C)C(=O)[C@@]1(C)CO1. The summed E-state index contributed by atoms with van der Waals surface area (Å²) in [5, 5.41) is 14.8. The van der Waals surface area contributed by atoms with Crippen molar-refractivity contribution in [3.63, 3.8) is 0 Å². The first-order chi connectivity index (χ1) is 12.6. The van der Waals surface area contributed by atoms with Crippen LogP contribution in [0, 0.1) is 11.8 Å². The molecule has 3 N–H and O–H groups in total. The molecule has 1 heterocycles. The summed E-state index contributed by atoms with van der Waals surface area (Å²) in [4.78, 5) is 37.1. The summed E-state index contributed by atoms with van der Waals surface area (Å²) in [5.41, 5.74) is -0.832. The van der Waals surface area contributed by atoms with Gasteiger partial charge in [-0.05, 0) is 31.6 Å². The lowest BCUT2D eigenvalue weighted by molar-refractivity contribution is -0.134. The molecule has 2 amide bonds. The maximum absolute atomic E-state index is 12.6. The number of aliphatic hydroxyl groups excluding tert-OH is 1. The van der Waals surface area contributed by atoms with Gasteiger partial charge in [0.05, 0.1) is 19.3 Å². The molecule has 0 spiro atoms. The molecule has 0 aromatic rings. The van der Waals surface area contributed by atoms with Crippen molar-refractivity contribution in [1.29, 1.82) is 0 Å². The van der Waals surface area contributed by atoms with E-state index in [2.05, 4.69) is 24.5 Å². The molecule has 1 aliphatic rings. The van der Waals surface area contributed by atoms with E-state index >= 15 is 0 Å². The Balaban J connectivity index is 2.56. The monoisotopic (exact) mass is 384 g/mol. The van der Waals surface area contributed by atoms with E-state index < -0.39 is 30.2 Å². The van der Waals surface area contributed by atoms with E-state index in [0.717, 1.165) is 19.3 Å².